The van der Waals surface area contributed by atoms with Crippen molar-refractivity contribution in [3.05, 3.63) is 0 Å². The second-order valence-electron chi connectivity index (χ2n) is 4.88. The Morgan fingerprint density at radius 1 is 1.50 bits per heavy atom. The lowest BCUT2D eigenvalue weighted by molar-refractivity contribution is -0.137. The summed E-state index contributed by atoms with van der Waals surface area (Å²) in [7, 11) is 0. The van der Waals surface area contributed by atoms with Gasteiger partial charge in [0, 0.05) is 26.2 Å². The lowest BCUT2D eigenvalue weighted by atomic mass is 9.96. The van der Waals surface area contributed by atoms with E-state index < -0.39 is 6.03 Å². The molecule has 0 aromatic carbocycles. The van der Waals surface area contributed by atoms with Gasteiger partial charge in [0.15, 0.2) is 0 Å². The largest absolute Gasteiger partial charge is 0.352 e. The van der Waals surface area contributed by atoms with Crippen LogP contribution in [0.5, 0.6) is 0 Å². The summed E-state index contributed by atoms with van der Waals surface area (Å²) < 4.78 is 0. The number of nitrogens with one attached hydrogen (secondary N) is 1. The van der Waals surface area contributed by atoms with Crippen LogP contribution in [0, 0.1) is 11.8 Å². The van der Waals surface area contributed by atoms with E-state index in [1.165, 1.54) is 0 Å². The highest BCUT2D eigenvalue weighted by Crippen LogP contribution is 2.18. The van der Waals surface area contributed by atoms with Crippen LogP contribution in [-0.2, 0) is 4.79 Å². The summed E-state index contributed by atoms with van der Waals surface area (Å²) in [5.74, 6) is 0.363. The first-order chi connectivity index (χ1) is 8.58. The molecule has 104 valence electrons. The van der Waals surface area contributed by atoms with Crippen LogP contribution in [0.4, 0.5) is 4.79 Å². The van der Waals surface area contributed by atoms with Crippen molar-refractivity contribution >= 4 is 11.9 Å². The molecule has 2 atom stereocenters. The van der Waals surface area contributed by atoms with Crippen LogP contribution in [0.3, 0.4) is 0 Å². The minimum Gasteiger partial charge on any atom is -0.352 e. The maximum Gasteiger partial charge on any atom is 0.312 e. The summed E-state index contributed by atoms with van der Waals surface area (Å²) in [5, 5.41) is 2.61. The van der Waals surface area contributed by atoms with Crippen molar-refractivity contribution in [2.24, 2.45) is 23.3 Å². The predicted molar refractivity (Wildman–Crippen MR) is 69.7 cm³/mol. The molecule has 0 spiro atoms. The van der Waals surface area contributed by atoms with E-state index >= 15 is 0 Å². The maximum absolute atomic E-state index is 12.2. The number of rotatable bonds is 5. The van der Waals surface area contributed by atoms with E-state index in [9.17, 15) is 9.59 Å². The summed E-state index contributed by atoms with van der Waals surface area (Å²) in [5.41, 5.74) is 10.7. The summed E-state index contributed by atoms with van der Waals surface area (Å²) in [4.78, 5) is 24.7. The van der Waals surface area contributed by atoms with E-state index in [1.54, 1.807) is 0 Å². The highest BCUT2D eigenvalue weighted by Gasteiger charge is 2.27. The van der Waals surface area contributed by atoms with Crippen molar-refractivity contribution in [1.82, 2.24) is 10.2 Å². The van der Waals surface area contributed by atoms with E-state index in [1.807, 2.05) is 11.8 Å². The Morgan fingerprint density at radius 3 is 2.78 bits per heavy atom. The van der Waals surface area contributed by atoms with Gasteiger partial charge in [-0.1, -0.05) is 6.92 Å². The maximum atomic E-state index is 12.2. The molecule has 0 radical (unpaired) electrons. The van der Waals surface area contributed by atoms with Crippen LogP contribution < -0.4 is 16.8 Å². The van der Waals surface area contributed by atoms with Crippen LogP contribution in [0.2, 0.25) is 0 Å². The summed E-state index contributed by atoms with van der Waals surface area (Å²) >= 11 is 0. The predicted octanol–water partition coefficient (Wildman–Crippen LogP) is -0.122. The molecule has 3 amide bonds. The van der Waals surface area contributed by atoms with Crippen LogP contribution in [0.25, 0.3) is 0 Å². The Balaban J connectivity index is 2.47. The number of urea groups is 1. The number of carbonyl (C=O) groups excluding carboxylic acids is 2. The number of nitrogens with zero attached hydrogens (tertiary/aromatic N) is 1. The molecule has 0 bridgehead atoms. The third-order valence-electron chi connectivity index (χ3n) is 3.52. The number of likely N-dealkylation sites (tertiary alicyclic amines) is 1. The Bertz CT molecular complexity index is 292. The fraction of sp³-hybridized carbons (Fsp3) is 0.833. The molecule has 5 N–H and O–H groups in total. The molecule has 0 aromatic heterocycles. The summed E-state index contributed by atoms with van der Waals surface area (Å²) in [6, 6.07) is -0.508. The van der Waals surface area contributed by atoms with Gasteiger partial charge in [-0.25, -0.2) is 4.79 Å². The average Bonchev–Trinajstić information content (AvgIpc) is 2.38. The lowest BCUT2D eigenvalue weighted by Gasteiger charge is -2.34. The number of hydrogen-bond acceptors (Lipinski definition) is 3. The monoisotopic (exact) mass is 256 g/mol. The van der Waals surface area contributed by atoms with Crippen molar-refractivity contribution in [3.8, 4) is 0 Å². The van der Waals surface area contributed by atoms with Crippen LogP contribution >= 0.6 is 0 Å². The minimum absolute atomic E-state index is 0.0761. The molecule has 0 aliphatic carbocycles. The lowest BCUT2D eigenvalue weighted by Crippen LogP contribution is -2.47. The first-order valence-corrected chi connectivity index (χ1v) is 6.60. The third kappa shape index (κ3) is 4.18. The van der Waals surface area contributed by atoms with E-state index in [0.29, 0.717) is 25.6 Å². The van der Waals surface area contributed by atoms with Crippen molar-refractivity contribution in [2.75, 3.05) is 26.2 Å². The Morgan fingerprint density at radius 2 is 2.22 bits per heavy atom. The standard InChI is InChI=1S/C12H24N4O2/c1-2-10(6-13)11(17)16-5-3-4-9(8-16)7-15-12(14)18/h9-10H,2-8,13H2,1H3,(H3,14,15,18). The van der Waals surface area contributed by atoms with Gasteiger partial charge in [-0.15, -0.1) is 0 Å². The molecular weight excluding hydrogens is 232 g/mol. The first-order valence-electron chi connectivity index (χ1n) is 6.60. The van der Waals surface area contributed by atoms with E-state index in [0.717, 1.165) is 25.8 Å². The van der Waals surface area contributed by atoms with Crippen molar-refractivity contribution < 1.29 is 9.59 Å². The van der Waals surface area contributed by atoms with Gasteiger partial charge < -0.3 is 21.7 Å². The van der Waals surface area contributed by atoms with Gasteiger partial charge >= 0.3 is 6.03 Å². The molecule has 1 rings (SSSR count). The highest BCUT2D eigenvalue weighted by atomic mass is 16.2. The van der Waals surface area contributed by atoms with E-state index in [-0.39, 0.29) is 11.8 Å². The molecule has 0 saturated carbocycles. The first kappa shape index (κ1) is 14.8. The Hall–Kier alpha value is -1.30. The molecule has 2 unspecified atom stereocenters. The Kier molecular flexibility index (Phi) is 5.91. The SMILES string of the molecule is CCC(CN)C(=O)N1CCCC(CNC(N)=O)C1. The number of primary amides is 1. The molecule has 1 fully saturated rings. The fourth-order valence-electron chi connectivity index (χ4n) is 2.38. The number of piperidine rings is 1. The second kappa shape index (κ2) is 7.20. The number of carbonyl (C=O) groups is 2. The molecule has 18 heavy (non-hydrogen) atoms. The number of amides is 3. The summed E-state index contributed by atoms with van der Waals surface area (Å²) in [6.07, 6.45) is 2.76. The normalized spacial score (nSPS) is 21.4. The molecule has 1 heterocycles. The van der Waals surface area contributed by atoms with Crippen LogP contribution in [-0.4, -0.2) is 43.0 Å². The highest BCUT2D eigenvalue weighted by molar-refractivity contribution is 5.79. The van der Waals surface area contributed by atoms with Crippen molar-refractivity contribution in [2.45, 2.75) is 26.2 Å². The molecule has 6 heteroatoms. The molecule has 1 aliphatic rings. The topological polar surface area (TPSA) is 101 Å². The smallest absolute Gasteiger partial charge is 0.312 e. The minimum atomic E-state index is -0.508. The second-order valence-corrected chi connectivity index (χ2v) is 4.88. The molecule has 0 aromatic rings. The van der Waals surface area contributed by atoms with Gasteiger partial charge in [-0.3, -0.25) is 4.79 Å². The molecule has 1 saturated heterocycles. The average molecular weight is 256 g/mol. The van der Waals surface area contributed by atoms with Gasteiger partial charge in [0.05, 0.1) is 5.92 Å². The van der Waals surface area contributed by atoms with Crippen LogP contribution in [0.1, 0.15) is 26.2 Å². The van der Waals surface area contributed by atoms with Gasteiger partial charge in [-0.05, 0) is 25.2 Å². The quantitative estimate of drug-likeness (QED) is 0.639. The van der Waals surface area contributed by atoms with Gasteiger partial charge in [0.1, 0.15) is 0 Å². The van der Waals surface area contributed by atoms with E-state index in [4.69, 9.17) is 11.5 Å². The van der Waals surface area contributed by atoms with Gasteiger partial charge in [-0.2, -0.15) is 0 Å². The van der Waals surface area contributed by atoms with E-state index in [2.05, 4.69) is 5.32 Å². The molecule has 6 nitrogen and oxygen atoms in total. The van der Waals surface area contributed by atoms with Crippen LogP contribution in [0.15, 0.2) is 0 Å². The number of hydrogen-bond donors (Lipinski definition) is 3. The number of nitrogens with two attached hydrogens (primary N) is 2. The zero-order valence-electron chi connectivity index (χ0n) is 11.0. The zero-order valence-corrected chi connectivity index (χ0v) is 11.0. The van der Waals surface area contributed by atoms with Crippen molar-refractivity contribution in [1.29, 1.82) is 0 Å². The van der Waals surface area contributed by atoms with Crippen molar-refractivity contribution in [3.63, 3.8) is 0 Å². The molecule has 1 aliphatic heterocycles. The third-order valence-corrected chi connectivity index (χ3v) is 3.52. The zero-order chi connectivity index (χ0) is 13.5. The summed E-state index contributed by atoms with van der Waals surface area (Å²) in [6.45, 7) is 4.40. The molecular formula is C12H24N4O2. The fourth-order valence-corrected chi connectivity index (χ4v) is 2.38. The Labute approximate surface area is 108 Å². The van der Waals surface area contributed by atoms with Gasteiger partial charge in [0.2, 0.25) is 5.91 Å². The van der Waals surface area contributed by atoms with Gasteiger partial charge in [0.25, 0.3) is 0 Å².